The van der Waals surface area contributed by atoms with Crippen molar-refractivity contribution in [1.82, 2.24) is 15.5 Å². The Hall–Kier alpha value is -0.650. The number of ether oxygens (including phenoxy) is 1. The lowest BCUT2D eigenvalue weighted by atomic mass is 9.80. The van der Waals surface area contributed by atoms with Crippen molar-refractivity contribution in [3.8, 4) is 0 Å². The first-order valence-electron chi connectivity index (χ1n) is 7.42. The third-order valence-electron chi connectivity index (χ3n) is 4.27. The number of amides is 1. The van der Waals surface area contributed by atoms with Gasteiger partial charge >= 0.3 is 0 Å². The minimum atomic E-state index is -0.190. The molecule has 1 atom stereocenters. The van der Waals surface area contributed by atoms with E-state index in [4.69, 9.17) is 4.74 Å². The van der Waals surface area contributed by atoms with Crippen LogP contribution in [0.2, 0.25) is 0 Å². The molecular formula is C14H27N3O2. The molecule has 2 rings (SSSR count). The van der Waals surface area contributed by atoms with E-state index in [1.165, 1.54) is 0 Å². The van der Waals surface area contributed by atoms with E-state index in [0.29, 0.717) is 0 Å². The molecule has 2 aliphatic heterocycles. The fourth-order valence-electron chi connectivity index (χ4n) is 2.82. The average Bonchev–Trinajstić information content (AvgIpc) is 2.40. The van der Waals surface area contributed by atoms with Gasteiger partial charge in [0.2, 0.25) is 5.91 Å². The van der Waals surface area contributed by atoms with Crippen LogP contribution in [0.4, 0.5) is 0 Å². The summed E-state index contributed by atoms with van der Waals surface area (Å²) in [5.74, 6) is 0.217. The summed E-state index contributed by atoms with van der Waals surface area (Å²) in [7, 11) is 0. The first kappa shape index (κ1) is 14.8. The molecule has 2 N–H and O–H groups in total. The molecule has 5 nitrogen and oxygen atoms in total. The van der Waals surface area contributed by atoms with Crippen molar-refractivity contribution in [3.05, 3.63) is 0 Å². The lowest BCUT2D eigenvalue weighted by Gasteiger charge is -2.35. The standard InChI is InChI=1S/C14H27N3O2/c1-12(11-17-7-9-19-10-8-17)16-13(18)14(2)3-5-15-6-4-14/h12,15H,3-11H2,1-2H3,(H,16,18). The lowest BCUT2D eigenvalue weighted by Crippen LogP contribution is -2.51. The number of hydrogen-bond donors (Lipinski definition) is 2. The van der Waals surface area contributed by atoms with E-state index in [1.54, 1.807) is 0 Å². The van der Waals surface area contributed by atoms with Crippen LogP contribution in [-0.4, -0.2) is 62.8 Å². The molecule has 110 valence electrons. The van der Waals surface area contributed by atoms with Crippen molar-refractivity contribution in [3.63, 3.8) is 0 Å². The Morgan fingerprint density at radius 3 is 2.63 bits per heavy atom. The normalized spacial score (nSPS) is 25.8. The SMILES string of the molecule is CC(CN1CCOCC1)NC(=O)C1(C)CCNCC1. The Morgan fingerprint density at radius 1 is 1.37 bits per heavy atom. The van der Waals surface area contributed by atoms with E-state index in [9.17, 15) is 4.79 Å². The van der Waals surface area contributed by atoms with Crippen LogP contribution in [0.1, 0.15) is 26.7 Å². The fourth-order valence-corrected chi connectivity index (χ4v) is 2.82. The number of nitrogens with zero attached hydrogens (tertiary/aromatic N) is 1. The molecule has 2 heterocycles. The van der Waals surface area contributed by atoms with Crippen molar-refractivity contribution in [2.45, 2.75) is 32.7 Å². The largest absolute Gasteiger partial charge is 0.379 e. The van der Waals surface area contributed by atoms with Gasteiger partial charge in [0.25, 0.3) is 0 Å². The Morgan fingerprint density at radius 2 is 2.00 bits per heavy atom. The predicted octanol–water partition coefficient (Wildman–Crippen LogP) is 0.213. The van der Waals surface area contributed by atoms with Crippen molar-refractivity contribution < 1.29 is 9.53 Å². The van der Waals surface area contributed by atoms with Crippen LogP contribution in [-0.2, 0) is 9.53 Å². The highest BCUT2D eigenvalue weighted by molar-refractivity contribution is 5.82. The molecule has 0 aromatic carbocycles. The van der Waals surface area contributed by atoms with Gasteiger partial charge in [0, 0.05) is 31.1 Å². The quantitative estimate of drug-likeness (QED) is 0.766. The molecule has 2 fully saturated rings. The molecule has 1 unspecified atom stereocenters. The number of carbonyl (C=O) groups is 1. The van der Waals surface area contributed by atoms with Crippen molar-refractivity contribution in [1.29, 1.82) is 0 Å². The summed E-state index contributed by atoms with van der Waals surface area (Å²) < 4.78 is 5.34. The van der Waals surface area contributed by atoms with Crippen molar-refractivity contribution in [2.24, 2.45) is 5.41 Å². The van der Waals surface area contributed by atoms with Gasteiger partial charge in [-0.25, -0.2) is 0 Å². The summed E-state index contributed by atoms with van der Waals surface area (Å²) in [6.07, 6.45) is 1.87. The first-order valence-corrected chi connectivity index (χ1v) is 7.42. The van der Waals surface area contributed by atoms with Gasteiger partial charge in [0.15, 0.2) is 0 Å². The number of hydrogen-bond acceptors (Lipinski definition) is 4. The third kappa shape index (κ3) is 4.16. The zero-order valence-electron chi connectivity index (χ0n) is 12.2. The van der Waals surface area contributed by atoms with Gasteiger partial charge in [0.1, 0.15) is 0 Å². The van der Waals surface area contributed by atoms with Gasteiger partial charge < -0.3 is 15.4 Å². The first-order chi connectivity index (χ1) is 9.10. The van der Waals surface area contributed by atoms with Crippen LogP contribution in [0.5, 0.6) is 0 Å². The molecule has 1 amide bonds. The summed E-state index contributed by atoms with van der Waals surface area (Å²) in [4.78, 5) is 14.8. The fraction of sp³-hybridized carbons (Fsp3) is 0.929. The third-order valence-corrected chi connectivity index (χ3v) is 4.27. The Kier molecular flexibility index (Phi) is 5.19. The second-order valence-electron chi connectivity index (χ2n) is 6.10. The highest BCUT2D eigenvalue weighted by Crippen LogP contribution is 2.28. The van der Waals surface area contributed by atoms with Crippen molar-refractivity contribution >= 4 is 5.91 Å². The Labute approximate surface area is 116 Å². The zero-order chi connectivity index (χ0) is 13.7. The molecule has 0 spiro atoms. The summed E-state index contributed by atoms with van der Waals surface area (Å²) >= 11 is 0. The molecule has 0 bridgehead atoms. The smallest absolute Gasteiger partial charge is 0.226 e. The minimum Gasteiger partial charge on any atom is -0.379 e. The van der Waals surface area contributed by atoms with Crippen LogP contribution < -0.4 is 10.6 Å². The molecule has 19 heavy (non-hydrogen) atoms. The number of piperidine rings is 1. The summed E-state index contributed by atoms with van der Waals surface area (Å²) in [6.45, 7) is 10.6. The molecule has 0 aliphatic carbocycles. The second kappa shape index (κ2) is 6.68. The topological polar surface area (TPSA) is 53.6 Å². The minimum absolute atomic E-state index is 0.190. The van der Waals surface area contributed by atoms with Crippen LogP contribution in [0.15, 0.2) is 0 Å². The predicted molar refractivity (Wildman–Crippen MR) is 75.1 cm³/mol. The maximum atomic E-state index is 12.4. The highest BCUT2D eigenvalue weighted by Gasteiger charge is 2.35. The number of carbonyl (C=O) groups excluding carboxylic acids is 1. The van der Waals surface area contributed by atoms with Crippen molar-refractivity contribution in [2.75, 3.05) is 45.9 Å². The molecular weight excluding hydrogens is 242 g/mol. The summed E-state index contributed by atoms with van der Waals surface area (Å²) in [5, 5.41) is 6.50. The molecule has 5 heteroatoms. The molecule has 0 aromatic rings. The van der Waals surface area contributed by atoms with E-state index in [0.717, 1.165) is 58.8 Å². The highest BCUT2D eigenvalue weighted by atomic mass is 16.5. The molecule has 0 aromatic heterocycles. The molecule has 0 radical (unpaired) electrons. The monoisotopic (exact) mass is 269 g/mol. The number of rotatable bonds is 4. The van der Waals surface area contributed by atoms with Gasteiger partial charge in [0.05, 0.1) is 13.2 Å². The van der Waals surface area contributed by atoms with E-state index in [1.807, 2.05) is 0 Å². The van der Waals surface area contributed by atoms with Crippen LogP contribution in [0.3, 0.4) is 0 Å². The van der Waals surface area contributed by atoms with Gasteiger partial charge in [-0.1, -0.05) is 6.92 Å². The van der Waals surface area contributed by atoms with E-state index in [2.05, 4.69) is 29.4 Å². The molecule has 2 aliphatic rings. The Bertz CT molecular complexity index is 297. The maximum absolute atomic E-state index is 12.4. The van der Waals surface area contributed by atoms with Gasteiger partial charge in [-0.2, -0.15) is 0 Å². The summed E-state index contributed by atoms with van der Waals surface area (Å²) in [6, 6.07) is 0.206. The zero-order valence-corrected chi connectivity index (χ0v) is 12.2. The van der Waals surface area contributed by atoms with Gasteiger partial charge in [-0.3, -0.25) is 9.69 Å². The maximum Gasteiger partial charge on any atom is 0.226 e. The van der Waals surface area contributed by atoms with Gasteiger partial charge in [-0.15, -0.1) is 0 Å². The summed E-state index contributed by atoms with van der Waals surface area (Å²) in [5.41, 5.74) is -0.190. The average molecular weight is 269 g/mol. The van der Waals surface area contributed by atoms with E-state index in [-0.39, 0.29) is 17.4 Å². The Balaban J connectivity index is 1.77. The van der Waals surface area contributed by atoms with Crippen LogP contribution in [0.25, 0.3) is 0 Å². The molecule has 0 saturated carbocycles. The second-order valence-corrected chi connectivity index (χ2v) is 6.10. The van der Waals surface area contributed by atoms with E-state index >= 15 is 0 Å². The van der Waals surface area contributed by atoms with Crippen LogP contribution in [0, 0.1) is 5.41 Å². The lowest BCUT2D eigenvalue weighted by molar-refractivity contribution is -0.132. The van der Waals surface area contributed by atoms with Gasteiger partial charge in [-0.05, 0) is 32.9 Å². The molecule has 2 saturated heterocycles. The number of morpholine rings is 1. The van der Waals surface area contributed by atoms with Crippen LogP contribution >= 0.6 is 0 Å². The number of nitrogens with one attached hydrogen (secondary N) is 2. The van der Waals surface area contributed by atoms with E-state index < -0.39 is 0 Å².